The SMILES string of the molecule is CC(C)(C)C(=O)NCc1ccc(C(=O)COC(=O)CCc2ccc(-c3ccccc3)o2)s1. The van der Waals surface area contributed by atoms with Gasteiger partial charge in [-0.2, -0.15) is 0 Å². The molecule has 1 aromatic carbocycles. The van der Waals surface area contributed by atoms with Crippen molar-refractivity contribution in [2.45, 2.75) is 40.2 Å². The first-order chi connectivity index (χ1) is 15.2. The quantitative estimate of drug-likeness (QED) is 0.363. The van der Waals surface area contributed by atoms with Crippen molar-refractivity contribution >= 4 is 29.0 Å². The Hall–Kier alpha value is -3.19. The molecule has 2 heterocycles. The van der Waals surface area contributed by atoms with Crippen molar-refractivity contribution in [1.29, 1.82) is 0 Å². The molecule has 0 radical (unpaired) electrons. The first-order valence-electron chi connectivity index (χ1n) is 10.4. The summed E-state index contributed by atoms with van der Waals surface area (Å²) in [7, 11) is 0. The molecule has 32 heavy (non-hydrogen) atoms. The maximum Gasteiger partial charge on any atom is 0.306 e. The fourth-order valence-electron chi connectivity index (χ4n) is 2.84. The topological polar surface area (TPSA) is 85.6 Å². The number of esters is 1. The highest BCUT2D eigenvalue weighted by molar-refractivity contribution is 7.14. The summed E-state index contributed by atoms with van der Waals surface area (Å²) in [4.78, 5) is 37.7. The predicted molar refractivity (Wildman–Crippen MR) is 123 cm³/mol. The number of carbonyl (C=O) groups is 3. The third-order valence-electron chi connectivity index (χ3n) is 4.70. The van der Waals surface area contributed by atoms with Gasteiger partial charge in [-0.15, -0.1) is 11.3 Å². The first-order valence-corrected chi connectivity index (χ1v) is 11.2. The molecule has 7 heteroatoms. The van der Waals surface area contributed by atoms with Crippen LogP contribution in [0.2, 0.25) is 0 Å². The van der Waals surface area contributed by atoms with Crippen molar-refractivity contribution in [1.82, 2.24) is 5.32 Å². The molecule has 2 aromatic heterocycles. The summed E-state index contributed by atoms with van der Waals surface area (Å²) in [6.07, 6.45) is 0.528. The molecule has 3 rings (SSSR count). The van der Waals surface area contributed by atoms with Gasteiger partial charge in [0.2, 0.25) is 11.7 Å². The molecule has 0 saturated heterocycles. The summed E-state index contributed by atoms with van der Waals surface area (Å²) in [5.74, 6) is 0.662. The Labute approximate surface area is 191 Å². The number of aryl methyl sites for hydroxylation is 1. The van der Waals surface area contributed by atoms with Crippen molar-refractivity contribution in [3.05, 3.63) is 70.1 Å². The van der Waals surface area contributed by atoms with Gasteiger partial charge in [0.15, 0.2) is 6.61 Å². The lowest BCUT2D eigenvalue weighted by Crippen LogP contribution is -2.34. The molecule has 1 amide bonds. The van der Waals surface area contributed by atoms with E-state index in [1.165, 1.54) is 11.3 Å². The number of nitrogens with one attached hydrogen (secondary N) is 1. The molecule has 0 aliphatic heterocycles. The van der Waals surface area contributed by atoms with Gasteiger partial charge in [0.1, 0.15) is 11.5 Å². The highest BCUT2D eigenvalue weighted by Gasteiger charge is 2.21. The summed E-state index contributed by atoms with van der Waals surface area (Å²) >= 11 is 1.29. The summed E-state index contributed by atoms with van der Waals surface area (Å²) in [6.45, 7) is 5.58. The minimum atomic E-state index is -0.469. The van der Waals surface area contributed by atoms with Crippen molar-refractivity contribution in [3.63, 3.8) is 0 Å². The molecule has 1 N–H and O–H groups in total. The maximum atomic E-state index is 12.3. The zero-order chi connectivity index (χ0) is 23.1. The lowest BCUT2D eigenvalue weighted by molar-refractivity contribution is -0.142. The Morgan fingerprint density at radius 1 is 1.00 bits per heavy atom. The van der Waals surface area contributed by atoms with E-state index in [0.29, 0.717) is 23.6 Å². The van der Waals surface area contributed by atoms with Crippen LogP contribution in [0.1, 0.15) is 47.5 Å². The normalized spacial score (nSPS) is 11.2. The molecule has 168 valence electrons. The monoisotopic (exact) mass is 453 g/mol. The van der Waals surface area contributed by atoms with Gasteiger partial charge < -0.3 is 14.5 Å². The van der Waals surface area contributed by atoms with Gasteiger partial charge >= 0.3 is 5.97 Å². The zero-order valence-electron chi connectivity index (χ0n) is 18.5. The second-order valence-electron chi connectivity index (χ2n) is 8.41. The Balaban J connectivity index is 1.41. The minimum Gasteiger partial charge on any atom is -0.461 e. The van der Waals surface area contributed by atoms with E-state index in [1.807, 2.05) is 63.2 Å². The van der Waals surface area contributed by atoms with Crippen LogP contribution in [-0.2, 0) is 27.3 Å². The van der Waals surface area contributed by atoms with Crippen LogP contribution in [-0.4, -0.2) is 24.3 Å². The molecule has 3 aromatic rings. The summed E-state index contributed by atoms with van der Waals surface area (Å²) in [6, 6.07) is 16.9. The van der Waals surface area contributed by atoms with Crippen molar-refractivity contribution in [2.24, 2.45) is 5.41 Å². The van der Waals surface area contributed by atoms with E-state index in [2.05, 4.69) is 5.32 Å². The third kappa shape index (κ3) is 6.65. The average molecular weight is 454 g/mol. The molecule has 0 unspecified atom stereocenters. The second kappa shape index (κ2) is 10.4. The second-order valence-corrected chi connectivity index (χ2v) is 9.58. The molecule has 0 saturated carbocycles. The smallest absolute Gasteiger partial charge is 0.306 e. The summed E-state index contributed by atoms with van der Waals surface area (Å²) in [5.41, 5.74) is 0.503. The van der Waals surface area contributed by atoms with Crippen molar-refractivity contribution in [2.75, 3.05) is 6.61 Å². The van der Waals surface area contributed by atoms with Gasteiger partial charge in [-0.25, -0.2) is 0 Å². The van der Waals surface area contributed by atoms with Crippen molar-refractivity contribution < 1.29 is 23.5 Å². The Morgan fingerprint density at radius 3 is 2.47 bits per heavy atom. The number of hydrogen-bond acceptors (Lipinski definition) is 6. The molecule has 0 aliphatic carbocycles. The van der Waals surface area contributed by atoms with Gasteiger partial charge in [0.05, 0.1) is 17.8 Å². The standard InChI is InChI=1S/C25H27NO5S/c1-25(2,3)24(29)26-15-19-11-13-22(32-19)20(27)16-30-23(28)14-10-18-9-12-21(31-18)17-7-5-4-6-8-17/h4-9,11-13H,10,14-16H2,1-3H3,(H,26,29). The van der Waals surface area contributed by atoms with Gasteiger partial charge in [-0.1, -0.05) is 51.1 Å². The summed E-state index contributed by atoms with van der Waals surface area (Å²) in [5, 5.41) is 2.85. The number of carbonyl (C=O) groups excluding carboxylic acids is 3. The first kappa shape index (κ1) is 23.5. The van der Waals surface area contributed by atoms with Gasteiger partial charge in [-0.3, -0.25) is 14.4 Å². The molecule has 0 spiro atoms. The van der Waals surface area contributed by atoms with Crippen LogP contribution < -0.4 is 5.32 Å². The number of benzene rings is 1. The number of thiophene rings is 1. The van der Waals surface area contributed by atoms with E-state index in [9.17, 15) is 14.4 Å². The highest BCUT2D eigenvalue weighted by atomic mass is 32.1. The van der Waals surface area contributed by atoms with Gasteiger partial charge in [0.25, 0.3) is 0 Å². The molecule has 0 bridgehead atoms. The number of ketones is 1. The van der Waals surface area contributed by atoms with Crippen LogP contribution in [0, 0.1) is 5.41 Å². The zero-order valence-corrected chi connectivity index (χ0v) is 19.3. The lowest BCUT2D eigenvalue weighted by atomic mass is 9.96. The van der Waals surface area contributed by atoms with E-state index in [0.717, 1.165) is 16.2 Å². The molecule has 0 atom stereocenters. The molecular weight excluding hydrogens is 426 g/mol. The number of furan rings is 1. The van der Waals surface area contributed by atoms with Crippen molar-refractivity contribution in [3.8, 4) is 11.3 Å². The Bertz CT molecular complexity index is 1080. The van der Waals surface area contributed by atoms with Crippen LogP contribution in [0.25, 0.3) is 11.3 Å². The van der Waals surface area contributed by atoms with Crippen LogP contribution in [0.4, 0.5) is 0 Å². The Morgan fingerprint density at radius 2 is 1.75 bits per heavy atom. The van der Waals surface area contributed by atoms with Crippen LogP contribution in [0.5, 0.6) is 0 Å². The number of ether oxygens (including phenoxy) is 1. The van der Waals surface area contributed by atoms with E-state index in [4.69, 9.17) is 9.15 Å². The largest absolute Gasteiger partial charge is 0.461 e. The molecule has 0 fully saturated rings. The van der Waals surface area contributed by atoms with E-state index >= 15 is 0 Å². The maximum absolute atomic E-state index is 12.3. The summed E-state index contributed by atoms with van der Waals surface area (Å²) < 4.78 is 10.9. The third-order valence-corrected chi connectivity index (χ3v) is 5.83. The highest BCUT2D eigenvalue weighted by Crippen LogP contribution is 2.22. The lowest BCUT2D eigenvalue weighted by Gasteiger charge is -2.17. The number of amides is 1. The van der Waals surface area contributed by atoms with Crippen LogP contribution in [0.3, 0.4) is 0 Å². The fraction of sp³-hybridized carbons (Fsp3) is 0.320. The average Bonchev–Trinajstić information content (AvgIpc) is 3.44. The molecule has 6 nitrogen and oxygen atoms in total. The minimum absolute atomic E-state index is 0.0554. The molecule has 0 aliphatic rings. The molecular formula is C25H27NO5S. The van der Waals surface area contributed by atoms with E-state index in [-0.39, 0.29) is 24.7 Å². The number of Topliss-reactive ketones (excluding diaryl/α,β-unsaturated/α-hetero) is 1. The Kier molecular flexibility index (Phi) is 7.64. The number of rotatable bonds is 9. The fourth-order valence-corrected chi connectivity index (χ4v) is 3.71. The predicted octanol–water partition coefficient (Wildman–Crippen LogP) is 5.03. The number of hydrogen-bond donors (Lipinski definition) is 1. The van der Waals surface area contributed by atoms with E-state index < -0.39 is 11.4 Å². The van der Waals surface area contributed by atoms with Gasteiger partial charge in [-0.05, 0) is 24.3 Å². The van der Waals surface area contributed by atoms with Crippen LogP contribution >= 0.6 is 11.3 Å². The van der Waals surface area contributed by atoms with E-state index in [1.54, 1.807) is 12.1 Å². The van der Waals surface area contributed by atoms with Gasteiger partial charge in [0, 0.05) is 22.3 Å². The van der Waals surface area contributed by atoms with Crippen LogP contribution in [0.15, 0.2) is 59.0 Å².